The Bertz CT molecular complexity index is 221. The fourth-order valence-electron chi connectivity index (χ4n) is 2.26. The Kier molecular flexibility index (Phi) is 3.59. The molecule has 0 radical (unpaired) electrons. The van der Waals surface area contributed by atoms with Crippen LogP contribution >= 0.6 is 0 Å². The molecule has 0 spiro atoms. The average Bonchev–Trinajstić information content (AvgIpc) is 2.68. The van der Waals surface area contributed by atoms with Crippen molar-refractivity contribution in [2.45, 2.75) is 25.4 Å². The fraction of sp³-hybridized carbons (Fsp3) is 0.909. The van der Waals surface area contributed by atoms with Crippen LogP contribution in [0.1, 0.15) is 19.3 Å². The first-order valence-electron chi connectivity index (χ1n) is 5.86. The Morgan fingerprint density at radius 2 is 2.33 bits per heavy atom. The maximum Gasteiger partial charge on any atom is 0.251 e. The predicted molar refractivity (Wildman–Crippen MR) is 57.6 cm³/mol. The summed E-state index contributed by atoms with van der Waals surface area (Å²) in [6.07, 6.45) is 2.99. The van der Waals surface area contributed by atoms with E-state index in [1.165, 1.54) is 6.42 Å². The zero-order valence-electron chi connectivity index (χ0n) is 9.37. The average molecular weight is 212 g/mol. The molecular formula is C11H20N2O2. The van der Waals surface area contributed by atoms with E-state index in [9.17, 15) is 4.79 Å². The van der Waals surface area contributed by atoms with Crippen LogP contribution in [0, 0.1) is 5.92 Å². The molecule has 1 amide bonds. The lowest BCUT2D eigenvalue weighted by atomic mass is 9.95. The van der Waals surface area contributed by atoms with Gasteiger partial charge in [0.25, 0.3) is 5.91 Å². The van der Waals surface area contributed by atoms with E-state index >= 15 is 0 Å². The Morgan fingerprint density at radius 3 is 2.93 bits per heavy atom. The molecule has 0 bridgehead atoms. The normalized spacial score (nSPS) is 26.7. The van der Waals surface area contributed by atoms with Crippen molar-refractivity contribution < 1.29 is 9.53 Å². The van der Waals surface area contributed by atoms with Gasteiger partial charge in [-0.05, 0) is 38.8 Å². The van der Waals surface area contributed by atoms with Crippen LogP contribution in [-0.4, -0.2) is 50.2 Å². The first kappa shape index (κ1) is 10.9. The van der Waals surface area contributed by atoms with E-state index in [1.807, 2.05) is 11.9 Å². The number of carbonyl (C=O) groups excluding carboxylic acids is 1. The quantitative estimate of drug-likeness (QED) is 0.725. The highest BCUT2D eigenvalue weighted by Crippen LogP contribution is 2.23. The molecule has 4 heteroatoms. The molecule has 86 valence electrons. The second-order valence-electron chi connectivity index (χ2n) is 4.50. The third-order valence-electron chi connectivity index (χ3n) is 3.28. The number of ether oxygens (including phenoxy) is 1. The number of amides is 1. The smallest absolute Gasteiger partial charge is 0.251 e. The van der Waals surface area contributed by atoms with Gasteiger partial charge in [0.05, 0.1) is 0 Å². The molecule has 0 saturated carbocycles. The van der Waals surface area contributed by atoms with Gasteiger partial charge in [0.1, 0.15) is 6.10 Å². The van der Waals surface area contributed by atoms with Crippen LogP contribution in [-0.2, 0) is 9.53 Å². The minimum atomic E-state index is -0.129. The van der Waals surface area contributed by atoms with Crippen molar-refractivity contribution in [2.24, 2.45) is 5.92 Å². The van der Waals surface area contributed by atoms with E-state index in [2.05, 4.69) is 5.32 Å². The maximum absolute atomic E-state index is 11.8. The molecule has 1 unspecified atom stereocenters. The molecule has 0 aliphatic carbocycles. The number of carbonyl (C=O) groups is 1. The van der Waals surface area contributed by atoms with Crippen molar-refractivity contribution in [1.29, 1.82) is 0 Å². The summed E-state index contributed by atoms with van der Waals surface area (Å²) in [7, 11) is 1.97. The van der Waals surface area contributed by atoms with Gasteiger partial charge in [0.2, 0.25) is 0 Å². The number of nitrogens with one attached hydrogen (secondary N) is 1. The number of nitrogens with zero attached hydrogens (tertiary/aromatic N) is 1. The third kappa shape index (κ3) is 2.49. The van der Waals surface area contributed by atoms with Gasteiger partial charge in [-0.15, -0.1) is 0 Å². The molecular weight excluding hydrogens is 192 g/mol. The Labute approximate surface area is 91.0 Å². The van der Waals surface area contributed by atoms with E-state index in [0.29, 0.717) is 5.92 Å². The molecule has 1 N–H and O–H groups in total. The van der Waals surface area contributed by atoms with Gasteiger partial charge in [-0.2, -0.15) is 0 Å². The Morgan fingerprint density at radius 1 is 1.53 bits per heavy atom. The molecule has 1 atom stereocenters. The third-order valence-corrected chi connectivity index (χ3v) is 3.28. The van der Waals surface area contributed by atoms with Crippen molar-refractivity contribution in [1.82, 2.24) is 10.2 Å². The largest absolute Gasteiger partial charge is 0.368 e. The van der Waals surface area contributed by atoms with Gasteiger partial charge in [-0.1, -0.05) is 0 Å². The Balaban J connectivity index is 1.67. The standard InChI is InChI=1S/C11H20N2O2/c1-12-5-4-9-7-13(8-9)11(14)10-3-2-6-15-10/h9-10,12H,2-8H2,1H3. The number of likely N-dealkylation sites (tertiary alicyclic amines) is 1. The van der Waals surface area contributed by atoms with Crippen LogP contribution in [0.25, 0.3) is 0 Å². The molecule has 2 fully saturated rings. The SMILES string of the molecule is CNCCC1CN(C(=O)C2CCCO2)C1. The monoisotopic (exact) mass is 212 g/mol. The lowest BCUT2D eigenvalue weighted by molar-refractivity contribution is -0.147. The summed E-state index contributed by atoms with van der Waals surface area (Å²) < 4.78 is 5.38. The molecule has 4 nitrogen and oxygen atoms in total. The molecule has 2 aliphatic heterocycles. The molecule has 2 aliphatic rings. The van der Waals surface area contributed by atoms with Crippen LogP contribution in [0.4, 0.5) is 0 Å². The lowest BCUT2D eigenvalue weighted by Gasteiger charge is -2.40. The van der Waals surface area contributed by atoms with Crippen LogP contribution in [0.5, 0.6) is 0 Å². The minimum Gasteiger partial charge on any atom is -0.368 e. The summed E-state index contributed by atoms with van der Waals surface area (Å²) in [6.45, 7) is 3.67. The van der Waals surface area contributed by atoms with Gasteiger partial charge in [0, 0.05) is 19.7 Å². The first-order chi connectivity index (χ1) is 7.31. The van der Waals surface area contributed by atoms with Gasteiger partial charge in [0.15, 0.2) is 0 Å². The maximum atomic E-state index is 11.8. The van der Waals surface area contributed by atoms with Gasteiger partial charge in [-0.3, -0.25) is 4.79 Å². The van der Waals surface area contributed by atoms with E-state index in [-0.39, 0.29) is 12.0 Å². The highest BCUT2D eigenvalue weighted by molar-refractivity contribution is 5.81. The van der Waals surface area contributed by atoms with Crippen LogP contribution in [0.2, 0.25) is 0 Å². The molecule has 15 heavy (non-hydrogen) atoms. The van der Waals surface area contributed by atoms with E-state index in [4.69, 9.17) is 4.74 Å². The zero-order chi connectivity index (χ0) is 10.7. The van der Waals surface area contributed by atoms with Crippen LogP contribution in [0.3, 0.4) is 0 Å². The number of hydrogen-bond donors (Lipinski definition) is 1. The summed E-state index contributed by atoms with van der Waals surface area (Å²) in [5.74, 6) is 0.913. The van der Waals surface area contributed by atoms with Crippen molar-refractivity contribution >= 4 is 5.91 Å². The summed E-state index contributed by atoms with van der Waals surface area (Å²) >= 11 is 0. The molecule has 2 saturated heterocycles. The van der Waals surface area contributed by atoms with E-state index in [1.54, 1.807) is 0 Å². The fourth-order valence-corrected chi connectivity index (χ4v) is 2.26. The summed E-state index contributed by atoms with van der Waals surface area (Å²) in [5, 5.41) is 3.14. The lowest BCUT2D eigenvalue weighted by Crippen LogP contribution is -2.53. The minimum absolute atomic E-state index is 0.129. The summed E-state index contributed by atoms with van der Waals surface area (Å²) in [5.41, 5.74) is 0. The van der Waals surface area contributed by atoms with E-state index < -0.39 is 0 Å². The van der Waals surface area contributed by atoms with Gasteiger partial charge in [-0.25, -0.2) is 0 Å². The second kappa shape index (κ2) is 4.94. The van der Waals surface area contributed by atoms with Crippen LogP contribution in [0.15, 0.2) is 0 Å². The molecule has 2 rings (SSSR count). The van der Waals surface area contributed by atoms with Crippen molar-refractivity contribution in [3.8, 4) is 0 Å². The topological polar surface area (TPSA) is 41.6 Å². The predicted octanol–water partition coefficient (Wildman–Crippen LogP) is 0.233. The summed E-state index contributed by atoms with van der Waals surface area (Å²) in [4.78, 5) is 13.8. The Hall–Kier alpha value is -0.610. The molecule has 0 aromatic rings. The zero-order valence-corrected chi connectivity index (χ0v) is 9.37. The van der Waals surface area contributed by atoms with Gasteiger partial charge < -0.3 is 15.0 Å². The van der Waals surface area contributed by atoms with Crippen molar-refractivity contribution in [3.05, 3.63) is 0 Å². The molecule has 2 heterocycles. The van der Waals surface area contributed by atoms with E-state index in [0.717, 1.165) is 39.1 Å². The van der Waals surface area contributed by atoms with Crippen LogP contribution < -0.4 is 5.32 Å². The van der Waals surface area contributed by atoms with Crippen molar-refractivity contribution in [3.63, 3.8) is 0 Å². The molecule has 0 aromatic heterocycles. The number of rotatable bonds is 4. The van der Waals surface area contributed by atoms with Gasteiger partial charge >= 0.3 is 0 Å². The molecule has 0 aromatic carbocycles. The second-order valence-corrected chi connectivity index (χ2v) is 4.50. The number of hydrogen-bond acceptors (Lipinski definition) is 3. The van der Waals surface area contributed by atoms with Crippen molar-refractivity contribution in [2.75, 3.05) is 33.3 Å². The highest BCUT2D eigenvalue weighted by Gasteiger charge is 2.35. The highest BCUT2D eigenvalue weighted by atomic mass is 16.5. The summed E-state index contributed by atoms with van der Waals surface area (Å²) in [6, 6.07) is 0. The first-order valence-corrected chi connectivity index (χ1v) is 5.86.